The number of hydrazone groups is 1. The molecule has 0 aliphatic heterocycles. The Morgan fingerprint density at radius 2 is 1.55 bits per heavy atom. The van der Waals surface area contributed by atoms with E-state index < -0.39 is 17.8 Å². The summed E-state index contributed by atoms with van der Waals surface area (Å²) in [5.41, 5.74) is 5.83. The molecule has 31 heavy (non-hydrogen) atoms. The molecule has 156 valence electrons. The molecule has 0 spiro atoms. The van der Waals surface area contributed by atoms with E-state index in [2.05, 4.69) is 15.8 Å². The summed E-state index contributed by atoms with van der Waals surface area (Å²) in [7, 11) is 0. The van der Waals surface area contributed by atoms with E-state index in [1.54, 1.807) is 54.6 Å². The molecule has 0 atom stereocenters. The molecule has 0 unspecified atom stereocenters. The SMILES string of the molecule is Cc1ccc(C(=O)Oc2ccc(/C=N/NC(=O)C(=O)Nc3cccc(C)c3)cc2)cc1. The second-order valence-corrected chi connectivity index (χ2v) is 6.85. The van der Waals surface area contributed by atoms with Gasteiger partial charge >= 0.3 is 17.8 Å². The van der Waals surface area contributed by atoms with Crippen LogP contribution in [-0.4, -0.2) is 24.0 Å². The number of carbonyl (C=O) groups is 3. The molecule has 0 bridgehead atoms. The Balaban J connectivity index is 1.50. The second kappa shape index (κ2) is 9.98. The highest BCUT2D eigenvalue weighted by atomic mass is 16.5. The Morgan fingerprint density at radius 3 is 2.23 bits per heavy atom. The number of nitrogens with zero attached hydrogens (tertiary/aromatic N) is 1. The third-order valence-corrected chi connectivity index (χ3v) is 4.24. The average molecular weight is 415 g/mol. The molecule has 0 aromatic heterocycles. The van der Waals surface area contributed by atoms with Crippen LogP contribution >= 0.6 is 0 Å². The van der Waals surface area contributed by atoms with Gasteiger partial charge in [0.25, 0.3) is 0 Å². The van der Waals surface area contributed by atoms with E-state index in [-0.39, 0.29) is 0 Å². The molecule has 0 aliphatic rings. The first-order valence-electron chi connectivity index (χ1n) is 9.51. The van der Waals surface area contributed by atoms with Crippen LogP contribution < -0.4 is 15.5 Å². The summed E-state index contributed by atoms with van der Waals surface area (Å²) in [6, 6.07) is 20.7. The molecule has 3 aromatic rings. The Morgan fingerprint density at radius 1 is 0.839 bits per heavy atom. The van der Waals surface area contributed by atoms with Crippen LogP contribution in [0.5, 0.6) is 5.75 Å². The molecule has 3 rings (SSSR count). The Labute approximate surface area is 179 Å². The molecule has 0 radical (unpaired) electrons. The maximum Gasteiger partial charge on any atom is 0.343 e. The minimum Gasteiger partial charge on any atom is -0.423 e. The van der Waals surface area contributed by atoms with E-state index in [1.165, 1.54) is 6.21 Å². The van der Waals surface area contributed by atoms with Crippen LogP contribution in [0.1, 0.15) is 27.0 Å². The van der Waals surface area contributed by atoms with Crippen molar-refractivity contribution in [1.29, 1.82) is 0 Å². The van der Waals surface area contributed by atoms with Crippen LogP contribution in [-0.2, 0) is 9.59 Å². The van der Waals surface area contributed by atoms with Crippen molar-refractivity contribution in [3.05, 3.63) is 95.1 Å². The highest BCUT2D eigenvalue weighted by Crippen LogP contribution is 2.14. The Kier molecular flexibility index (Phi) is 6.90. The predicted molar refractivity (Wildman–Crippen MR) is 118 cm³/mol. The molecular formula is C24H21N3O4. The van der Waals surface area contributed by atoms with Crippen LogP contribution in [0.4, 0.5) is 5.69 Å². The normalized spacial score (nSPS) is 10.5. The van der Waals surface area contributed by atoms with Crippen LogP contribution in [0.3, 0.4) is 0 Å². The molecule has 0 aliphatic carbocycles. The number of nitrogens with one attached hydrogen (secondary N) is 2. The zero-order chi connectivity index (χ0) is 22.2. The number of aryl methyl sites for hydroxylation is 2. The molecule has 0 saturated heterocycles. The number of anilines is 1. The van der Waals surface area contributed by atoms with Crippen molar-refractivity contribution >= 4 is 29.7 Å². The van der Waals surface area contributed by atoms with E-state index in [9.17, 15) is 14.4 Å². The first-order valence-corrected chi connectivity index (χ1v) is 9.51. The summed E-state index contributed by atoms with van der Waals surface area (Å²) >= 11 is 0. The lowest BCUT2D eigenvalue weighted by atomic mass is 10.1. The fourth-order valence-electron chi connectivity index (χ4n) is 2.60. The number of hydrogen-bond donors (Lipinski definition) is 2. The van der Waals surface area contributed by atoms with Gasteiger partial charge in [-0.15, -0.1) is 0 Å². The minimum absolute atomic E-state index is 0.379. The largest absolute Gasteiger partial charge is 0.423 e. The van der Waals surface area contributed by atoms with Gasteiger partial charge < -0.3 is 10.1 Å². The van der Waals surface area contributed by atoms with Gasteiger partial charge in [0, 0.05) is 5.69 Å². The number of benzene rings is 3. The molecule has 0 fully saturated rings. The fraction of sp³-hybridized carbons (Fsp3) is 0.0833. The monoisotopic (exact) mass is 415 g/mol. The molecule has 7 nitrogen and oxygen atoms in total. The maximum atomic E-state index is 12.1. The van der Waals surface area contributed by atoms with E-state index in [1.807, 2.05) is 32.0 Å². The van der Waals surface area contributed by atoms with Crippen molar-refractivity contribution in [2.75, 3.05) is 5.32 Å². The molecule has 2 N–H and O–H groups in total. The third-order valence-electron chi connectivity index (χ3n) is 4.24. The molecule has 0 saturated carbocycles. The summed E-state index contributed by atoms with van der Waals surface area (Å²) in [4.78, 5) is 35.9. The number of amides is 2. The highest BCUT2D eigenvalue weighted by molar-refractivity contribution is 6.39. The Hall–Kier alpha value is -4.26. The van der Waals surface area contributed by atoms with Gasteiger partial charge in [-0.05, 0) is 73.5 Å². The van der Waals surface area contributed by atoms with Crippen molar-refractivity contribution in [3.8, 4) is 5.75 Å². The zero-order valence-corrected chi connectivity index (χ0v) is 17.1. The predicted octanol–water partition coefficient (Wildman–Crippen LogP) is 3.61. The van der Waals surface area contributed by atoms with E-state index in [0.29, 0.717) is 22.6 Å². The van der Waals surface area contributed by atoms with Crippen molar-refractivity contribution in [2.24, 2.45) is 5.10 Å². The van der Waals surface area contributed by atoms with Crippen LogP contribution in [0.2, 0.25) is 0 Å². The van der Waals surface area contributed by atoms with Gasteiger partial charge in [-0.3, -0.25) is 9.59 Å². The summed E-state index contributed by atoms with van der Waals surface area (Å²) in [5.74, 6) is -1.78. The molecule has 7 heteroatoms. The number of rotatable bonds is 5. The minimum atomic E-state index is -0.888. The van der Waals surface area contributed by atoms with Crippen LogP contribution in [0.25, 0.3) is 0 Å². The van der Waals surface area contributed by atoms with E-state index in [4.69, 9.17) is 4.74 Å². The summed E-state index contributed by atoms with van der Waals surface area (Å²) in [6.45, 7) is 3.82. The molecular weight excluding hydrogens is 394 g/mol. The molecule has 2 amide bonds. The quantitative estimate of drug-likeness (QED) is 0.219. The number of hydrogen-bond acceptors (Lipinski definition) is 5. The first-order chi connectivity index (χ1) is 14.9. The molecule has 0 heterocycles. The van der Waals surface area contributed by atoms with Gasteiger partial charge in [-0.2, -0.15) is 5.10 Å². The van der Waals surface area contributed by atoms with Gasteiger partial charge in [-0.1, -0.05) is 29.8 Å². The summed E-state index contributed by atoms with van der Waals surface area (Å²) in [6.07, 6.45) is 1.38. The van der Waals surface area contributed by atoms with Crippen molar-refractivity contribution in [1.82, 2.24) is 5.43 Å². The standard InChI is InChI=1S/C24H21N3O4/c1-16-6-10-19(11-7-16)24(30)31-21-12-8-18(9-13-21)15-25-27-23(29)22(28)26-20-5-3-4-17(2)14-20/h3-15H,1-2H3,(H,26,28)(H,27,29)/b25-15+. The van der Waals surface area contributed by atoms with Gasteiger partial charge in [0.1, 0.15) is 5.75 Å². The van der Waals surface area contributed by atoms with Gasteiger partial charge in [0.2, 0.25) is 0 Å². The second-order valence-electron chi connectivity index (χ2n) is 6.85. The lowest BCUT2D eigenvalue weighted by molar-refractivity contribution is -0.136. The average Bonchev–Trinajstić information content (AvgIpc) is 2.75. The van der Waals surface area contributed by atoms with E-state index in [0.717, 1.165) is 11.1 Å². The third kappa shape index (κ3) is 6.37. The summed E-state index contributed by atoms with van der Waals surface area (Å²) < 4.78 is 5.33. The van der Waals surface area contributed by atoms with Gasteiger partial charge in [0.05, 0.1) is 11.8 Å². The highest BCUT2D eigenvalue weighted by Gasteiger charge is 2.12. The van der Waals surface area contributed by atoms with Crippen molar-refractivity contribution in [3.63, 3.8) is 0 Å². The van der Waals surface area contributed by atoms with Crippen molar-refractivity contribution in [2.45, 2.75) is 13.8 Å². The van der Waals surface area contributed by atoms with Gasteiger partial charge in [-0.25, -0.2) is 10.2 Å². The first kappa shape index (κ1) is 21.4. The summed E-state index contributed by atoms with van der Waals surface area (Å²) in [5, 5.41) is 6.28. The molecule has 3 aromatic carbocycles. The fourth-order valence-corrected chi connectivity index (χ4v) is 2.60. The smallest absolute Gasteiger partial charge is 0.343 e. The number of esters is 1. The Bertz CT molecular complexity index is 1120. The topological polar surface area (TPSA) is 96.9 Å². The van der Waals surface area contributed by atoms with Crippen LogP contribution in [0.15, 0.2) is 77.9 Å². The van der Waals surface area contributed by atoms with Crippen LogP contribution in [0, 0.1) is 13.8 Å². The lowest BCUT2D eigenvalue weighted by Gasteiger charge is -2.05. The maximum absolute atomic E-state index is 12.1. The van der Waals surface area contributed by atoms with Crippen molar-refractivity contribution < 1.29 is 19.1 Å². The zero-order valence-electron chi connectivity index (χ0n) is 17.1. The number of ether oxygens (including phenoxy) is 1. The van der Waals surface area contributed by atoms with Gasteiger partial charge in [0.15, 0.2) is 0 Å². The number of carbonyl (C=O) groups excluding carboxylic acids is 3. The lowest BCUT2D eigenvalue weighted by Crippen LogP contribution is -2.32. The van der Waals surface area contributed by atoms with E-state index >= 15 is 0 Å².